The molecule has 2 aromatic carbocycles. The molecule has 0 bridgehead atoms. The Morgan fingerprint density at radius 2 is 1.59 bits per heavy atom. The number of hydrogen-bond donors (Lipinski definition) is 0. The second-order valence-corrected chi connectivity index (χ2v) is 7.34. The lowest BCUT2D eigenvalue weighted by Crippen LogP contribution is -2.24. The minimum absolute atomic E-state index is 0.0923. The Hall–Kier alpha value is -1.69. The predicted molar refractivity (Wildman–Crippen MR) is 80.2 cm³/mol. The van der Waals surface area contributed by atoms with Crippen LogP contribution in [0.1, 0.15) is 12.8 Å². The molecule has 0 radical (unpaired) electrons. The molecule has 0 amide bonds. The SMILES string of the molecule is O=C1CC[S+](c2ccc(OC(F)(F)F)c3ccccc23)CC1. The van der Waals surface area contributed by atoms with E-state index in [0.29, 0.717) is 18.2 Å². The maximum atomic E-state index is 12.5. The number of ketones is 1. The van der Waals surface area contributed by atoms with E-state index in [1.807, 2.05) is 12.1 Å². The van der Waals surface area contributed by atoms with Crippen molar-refractivity contribution in [3.8, 4) is 5.75 Å². The summed E-state index contributed by atoms with van der Waals surface area (Å²) in [6.07, 6.45) is -3.60. The Kier molecular flexibility index (Phi) is 4.04. The molecule has 1 heterocycles. The molecule has 1 saturated heterocycles. The van der Waals surface area contributed by atoms with E-state index in [9.17, 15) is 18.0 Å². The van der Waals surface area contributed by atoms with Crippen molar-refractivity contribution < 1.29 is 22.7 Å². The summed E-state index contributed by atoms with van der Waals surface area (Å²) in [6, 6.07) is 10.1. The number of hydrogen-bond acceptors (Lipinski definition) is 2. The second kappa shape index (κ2) is 5.83. The maximum absolute atomic E-state index is 12.5. The Bertz CT molecular complexity index is 702. The maximum Gasteiger partial charge on any atom is 0.573 e. The average Bonchev–Trinajstić information content (AvgIpc) is 2.47. The van der Waals surface area contributed by atoms with Gasteiger partial charge in [-0.1, -0.05) is 18.2 Å². The van der Waals surface area contributed by atoms with Gasteiger partial charge in [0, 0.05) is 21.7 Å². The first-order valence-corrected chi connectivity index (χ1v) is 8.47. The van der Waals surface area contributed by atoms with Gasteiger partial charge in [0.1, 0.15) is 23.0 Å². The van der Waals surface area contributed by atoms with Gasteiger partial charge in [-0.2, -0.15) is 0 Å². The Morgan fingerprint density at radius 3 is 2.23 bits per heavy atom. The minimum Gasteiger partial charge on any atom is -0.405 e. The van der Waals surface area contributed by atoms with Gasteiger partial charge < -0.3 is 4.74 Å². The van der Waals surface area contributed by atoms with E-state index in [2.05, 4.69) is 4.74 Å². The largest absolute Gasteiger partial charge is 0.573 e. The Morgan fingerprint density at radius 1 is 0.955 bits per heavy atom. The summed E-state index contributed by atoms with van der Waals surface area (Å²) in [5, 5.41) is 1.24. The third kappa shape index (κ3) is 3.21. The molecule has 0 saturated carbocycles. The monoisotopic (exact) mass is 327 g/mol. The van der Waals surface area contributed by atoms with Crippen molar-refractivity contribution in [3.63, 3.8) is 0 Å². The lowest BCUT2D eigenvalue weighted by molar-refractivity contribution is -0.274. The van der Waals surface area contributed by atoms with Crippen LogP contribution in [0.15, 0.2) is 41.3 Å². The molecule has 1 aliphatic heterocycles. The number of ether oxygens (including phenoxy) is 1. The van der Waals surface area contributed by atoms with Gasteiger partial charge >= 0.3 is 6.36 Å². The van der Waals surface area contributed by atoms with E-state index < -0.39 is 6.36 Å². The summed E-state index contributed by atoms with van der Waals surface area (Å²) < 4.78 is 41.7. The lowest BCUT2D eigenvalue weighted by atomic mass is 10.1. The van der Waals surface area contributed by atoms with E-state index in [4.69, 9.17) is 0 Å². The van der Waals surface area contributed by atoms with Crippen LogP contribution in [-0.2, 0) is 15.7 Å². The van der Waals surface area contributed by atoms with Crippen LogP contribution >= 0.6 is 0 Å². The number of carbonyl (C=O) groups excluding carboxylic acids is 1. The van der Waals surface area contributed by atoms with Crippen LogP contribution in [-0.4, -0.2) is 23.7 Å². The normalized spacial score (nSPS) is 17.0. The molecule has 0 aromatic heterocycles. The molecule has 1 fully saturated rings. The molecule has 1 aliphatic rings. The van der Waals surface area contributed by atoms with Gasteiger partial charge in [0.05, 0.1) is 12.8 Å². The van der Waals surface area contributed by atoms with E-state index in [0.717, 1.165) is 21.8 Å². The van der Waals surface area contributed by atoms with E-state index in [1.54, 1.807) is 18.2 Å². The van der Waals surface area contributed by atoms with Crippen LogP contribution in [0, 0.1) is 0 Å². The van der Waals surface area contributed by atoms with Crippen LogP contribution in [0.2, 0.25) is 0 Å². The fraction of sp³-hybridized carbons (Fsp3) is 0.312. The van der Waals surface area contributed by atoms with Gasteiger partial charge in [-0.15, -0.1) is 13.2 Å². The van der Waals surface area contributed by atoms with Gasteiger partial charge in [0.25, 0.3) is 0 Å². The number of halogens is 3. The van der Waals surface area contributed by atoms with Gasteiger partial charge in [-0.3, -0.25) is 4.79 Å². The van der Waals surface area contributed by atoms with E-state index in [-0.39, 0.29) is 22.4 Å². The first-order valence-electron chi connectivity index (χ1n) is 6.91. The van der Waals surface area contributed by atoms with Gasteiger partial charge in [0.15, 0.2) is 4.90 Å². The average molecular weight is 327 g/mol. The standard InChI is InChI=1S/C16H14F3O2S/c17-16(18,19)21-14-5-6-15(13-4-2-1-3-12(13)14)22-9-7-11(20)8-10-22/h1-6H,7-10H2/q+1. The van der Waals surface area contributed by atoms with Crippen molar-refractivity contribution >= 4 is 27.5 Å². The fourth-order valence-corrected chi connectivity index (χ4v) is 4.97. The van der Waals surface area contributed by atoms with Crippen LogP contribution in [0.3, 0.4) is 0 Å². The van der Waals surface area contributed by atoms with Gasteiger partial charge in [-0.25, -0.2) is 0 Å². The molecule has 0 spiro atoms. The van der Waals surface area contributed by atoms with Crippen LogP contribution in [0.4, 0.5) is 13.2 Å². The molecular formula is C16H14F3O2S+. The quantitative estimate of drug-likeness (QED) is 0.777. The topological polar surface area (TPSA) is 26.3 Å². The van der Waals surface area contributed by atoms with Crippen molar-refractivity contribution in [2.24, 2.45) is 0 Å². The molecule has 0 N–H and O–H groups in total. The zero-order valence-electron chi connectivity index (χ0n) is 11.7. The highest BCUT2D eigenvalue weighted by molar-refractivity contribution is 7.97. The van der Waals surface area contributed by atoms with Crippen molar-refractivity contribution in [1.29, 1.82) is 0 Å². The summed E-state index contributed by atoms with van der Waals surface area (Å²) in [4.78, 5) is 12.4. The van der Waals surface area contributed by atoms with Crippen molar-refractivity contribution in [1.82, 2.24) is 0 Å². The number of fused-ring (bicyclic) bond motifs is 1. The van der Waals surface area contributed by atoms with E-state index >= 15 is 0 Å². The highest BCUT2D eigenvalue weighted by Crippen LogP contribution is 2.36. The van der Waals surface area contributed by atoms with Crippen LogP contribution in [0.25, 0.3) is 10.8 Å². The smallest absolute Gasteiger partial charge is 0.405 e. The minimum atomic E-state index is -4.70. The summed E-state index contributed by atoms with van der Waals surface area (Å²) in [7, 11) is -0.0923. The molecule has 22 heavy (non-hydrogen) atoms. The fourth-order valence-electron chi connectivity index (χ4n) is 2.63. The zero-order chi connectivity index (χ0) is 15.7. The zero-order valence-corrected chi connectivity index (χ0v) is 12.5. The van der Waals surface area contributed by atoms with Crippen molar-refractivity contribution in [2.75, 3.05) is 11.5 Å². The Labute approximate surface area is 128 Å². The molecule has 2 aromatic rings. The predicted octanol–water partition coefficient (Wildman–Crippen LogP) is 4.08. The summed E-state index contributed by atoms with van der Waals surface area (Å²) >= 11 is 0. The molecule has 116 valence electrons. The van der Waals surface area contributed by atoms with E-state index in [1.165, 1.54) is 6.07 Å². The third-order valence-corrected chi connectivity index (χ3v) is 6.01. The summed E-state index contributed by atoms with van der Waals surface area (Å²) in [5.41, 5.74) is 0. The lowest BCUT2D eigenvalue weighted by Gasteiger charge is -2.16. The van der Waals surface area contributed by atoms with Gasteiger partial charge in [-0.05, 0) is 18.2 Å². The number of carbonyl (C=O) groups is 1. The molecule has 3 rings (SSSR count). The van der Waals surface area contributed by atoms with Crippen LogP contribution < -0.4 is 4.74 Å². The number of rotatable bonds is 2. The highest BCUT2D eigenvalue weighted by atomic mass is 32.2. The third-order valence-electron chi connectivity index (χ3n) is 3.64. The summed E-state index contributed by atoms with van der Waals surface area (Å²) in [5.74, 6) is 1.65. The first-order chi connectivity index (χ1) is 10.4. The molecule has 0 aliphatic carbocycles. The molecule has 6 heteroatoms. The molecular weight excluding hydrogens is 313 g/mol. The first kappa shape index (κ1) is 15.2. The second-order valence-electron chi connectivity index (χ2n) is 5.09. The van der Waals surface area contributed by atoms with Crippen LogP contribution in [0.5, 0.6) is 5.75 Å². The number of alkyl halides is 3. The highest BCUT2D eigenvalue weighted by Gasteiger charge is 2.34. The van der Waals surface area contributed by atoms with Gasteiger partial charge in [0.2, 0.25) is 0 Å². The molecule has 0 atom stereocenters. The number of Topliss-reactive ketones (excluding diaryl/α,β-unsaturated/α-hetero) is 1. The molecule has 0 unspecified atom stereocenters. The Balaban J connectivity index is 2.03. The van der Waals surface area contributed by atoms with Crippen molar-refractivity contribution in [3.05, 3.63) is 36.4 Å². The van der Waals surface area contributed by atoms with Crippen molar-refractivity contribution in [2.45, 2.75) is 24.1 Å². The molecule has 2 nitrogen and oxygen atoms in total. The number of benzene rings is 2. The summed E-state index contributed by atoms with van der Waals surface area (Å²) in [6.45, 7) is 0.